The lowest BCUT2D eigenvalue weighted by Gasteiger charge is -2.10. The number of phenols is 2. The van der Waals surface area contributed by atoms with Crippen LogP contribution < -0.4 is 32.3 Å². The highest BCUT2D eigenvalue weighted by Gasteiger charge is 2.38. The van der Waals surface area contributed by atoms with Gasteiger partial charge in [-0.1, -0.05) is 70.1 Å². The van der Waals surface area contributed by atoms with Crippen LogP contribution in [-0.2, 0) is 35.0 Å². The molecule has 6 aromatic rings. The quantitative estimate of drug-likeness (QED) is 0.0342. The minimum Gasteiger partial charge on any atom is -0.508 e. The van der Waals surface area contributed by atoms with Crippen LogP contribution in [0.15, 0.2) is 96.3 Å². The first-order valence-electron chi connectivity index (χ1n) is 20.1. The van der Waals surface area contributed by atoms with E-state index >= 15 is 0 Å². The molecule has 2 heterocycles. The van der Waals surface area contributed by atoms with Gasteiger partial charge in [-0.05, 0) is 83.9 Å². The van der Waals surface area contributed by atoms with Gasteiger partial charge in [0.15, 0.2) is 21.7 Å². The summed E-state index contributed by atoms with van der Waals surface area (Å²) in [6.45, 7) is 0.203. The number of nitrogen functional groups attached to an aromatic ring is 1. The molecule has 0 spiro atoms. The Kier molecular flexibility index (Phi) is 18.2. The summed E-state index contributed by atoms with van der Waals surface area (Å²) in [5, 5.41) is 48.6. The number of nitrogens with zero attached hydrogens (tertiary/aromatic N) is 2. The van der Waals surface area contributed by atoms with Crippen LogP contribution in [0.5, 0.6) is 11.5 Å². The third-order valence-electron chi connectivity index (χ3n) is 9.26. The highest BCUT2D eigenvalue weighted by Crippen LogP contribution is 2.38. The average molecular weight is 1100 g/mol. The number of halogens is 8. The number of carbonyl (C=O) groups is 6. The number of carbonyl (C=O) groups excluding carboxylic acids is 4. The van der Waals surface area contributed by atoms with E-state index in [2.05, 4.69) is 25.9 Å². The number of carboxylic acid groups (broad SMARTS) is 2. The van der Waals surface area contributed by atoms with E-state index in [4.69, 9.17) is 28.9 Å². The number of thiazole rings is 2. The number of nitrogens with two attached hydrogens (primary N) is 1. The Bertz CT molecular complexity index is 3180. The number of hydrogen-bond donors (Lipinski definition) is 10. The lowest BCUT2D eigenvalue weighted by Crippen LogP contribution is -2.28. The number of benzene rings is 4. The summed E-state index contributed by atoms with van der Waals surface area (Å²) in [5.41, 5.74) is 1.91. The predicted molar refractivity (Wildman–Crippen MR) is 256 cm³/mol. The van der Waals surface area contributed by atoms with Crippen LogP contribution in [0.2, 0.25) is 10.0 Å². The molecule has 0 saturated carbocycles. The highest BCUT2D eigenvalue weighted by atomic mass is 35.5. The molecule has 0 radical (unpaired) electrons. The molecule has 0 saturated heterocycles. The first kappa shape index (κ1) is 55.7. The monoisotopic (exact) mass is 1090 g/mol. The molecule has 382 valence electrons. The molecule has 11 N–H and O–H groups in total. The Morgan fingerprint density at radius 1 is 0.616 bits per heavy atom. The first-order chi connectivity index (χ1) is 34.2. The molecule has 6 rings (SSSR count). The van der Waals surface area contributed by atoms with Crippen LogP contribution in [-0.4, -0.2) is 73.0 Å². The fourth-order valence-electron chi connectivity index (χ4n) is 5.92. The molecule has 0 atom stereocenters. The summed E-state index contributed by atoms with van der Waals surface area (Å²) in [6.07, 6.45) is -8.51. The van der Waals surface area contributed by atoms with Gasteiger partial charge in [-0.2, -0.15) is 26.3 Å². The normalized spacial score (nSPS) is 11.7. The van der Waals surface area contributed by atoms with Crippen molar-refractivity contribution >= 4 is 104 Å². The number of nitrogens with one attached hydrogen (secondary N) is 5. The summed E-state index contributed by atoms with van der Waals surface area (Å²) in [4.78, 5) is 78.7. The van der Waals surface area contributed by atoms with E-state index in [9.17, 15) is 75.5 Å². The van der Waals surface area contributed by atoms with Crippen molar-refractivity contribution in [2.24, 2.45) is 0 Å². The van der Waals surface area contributed by atoms with Crippen molar-refractivity contribution in [3.05, 3.63) is 161 Å². The molecule has 2 aromatic heterocycles. The number of rotatable bonds is 15. The zero-order chi connectivity index (χ0) is 53.9. The van der Waals surface area contributed by atoms with Gasteiger partial charge in [0.25, 0.3) is 23.6 Å². The number of hydrogen-bond acceptors (Lipinski definition) is 14. The van der Waals surface area contributed by atoms with Crippen LogP contribution >= 0.6 is 45.9 Å². The predicted octanol–water partition coefficient (Wildman–Crippen LogP) is 8.24. The van der Waals surface area contributed by atoms with Crippen LogP contribution in [0.1, 0.15) is 73.7 Å². The fraction of sp³-hybridized carbons (Fsp3) is 0.111. The van der Waals surface area contributed by atoms with Gasteiger partial charge in [-0.25, -0.2) is 19.6 Å². The van der Waals surface area contributed by atoms with Crippen molar-refractivity contribution in [1.82, 2.24) is 31.2 Å². The van der Waals surface area contributed by atoms with Crippen LogP contribution in [0, 0.1) is 0 Å². The maximum Gasteiger partial charge on any atom is 0.434 e. The Balaban J connectivity index is 0.000000271. The van der Waals surface area contributed by atoms with Crippen molar-refractivity contribution < 1.29 is 75.5 Å². The number of phenolic OH excluding ortho intramolecular Hbond substituents is 2. The summed E-state index contributed by atoms with van der Waals surface area (Å²) < 4.78 is 79.3. The third kappa shape index (κ3) is 15.4. The van der Waals surface area contributed by atoms with Crippen LogP contribution in [0.25, 0.3) is 12.2 Å². The van der Waals surface area contributed by atoms with Crippen LogP contribution in [0.4, 0.5) is 36.6 Å². The van der Waals surface area contributed by atoms with Gasteiger partial charge in [-0.15, -0.1) is 0 Å². The molecule has 0 bridgehead atoms. The van der Waals surface area contributed by atoms with Crippen molar-refractivity contribution in [2.75, 3.05) is 18.1 Å². The fourth-order valence-corrected chi connectivity index (χ4v) is 8.13. The Labute approximate surface area is 424 Å². The minimum atomic E-state index is -4.89. The number of anilines is 2. The molecule has 73 heavy (non-hydrogen) atoms. The van der Waals surface area contributed by atoms with E-state index in [1.807, 2.05) is 10.6 Å². The highest BCUT2D eigenvalue weighted by molar-refractivity contribution is 7.16. The average Bonchev–Trinajstić information content (AvgIpc) is 3.92. The van der Waals surface area contributed by atoms with E-state index in [0.29, 0.717) is 46.0 Å². The summed E-state index contributed by atoms with van der Waals surface area (Å²) >= 11 is 13.2. The van der Waals surface area contributed by atoms with Crippen molar-refractivity contribution in [2.45, 2.75) is 25.4 Å². The Morgan fingerprint density at radius 2 is 1.03 bits per heavy atom. The van der Waals surface area contributed by atoms with Crippen molar-refractivity contribution in [1.29, 1.82) is 0 Å². The van der Waals surface area contributed by atoms with E-state index in [1.54, 1.807) is 24.3 Å². The van der Waals surface area contributed by atoms with Gasteiger partial charge in [-0.3, -0.25) is 19.2 Å². The SMILES string of the molecule is CNc1nc(C(F)(F)F)c(/C=C(\NC(=O)c2ccc(C(=O)NCc3cccc(O)c3)cc2Cl)C(=O)O)s1.Nc1nc(C(F)(F)F)c(/C=C(\NC(=O)c2ccc(C(=O)NCc3cccc(O)c3)cc2Cl)C(=O)O)s1. The van der Waals surface area contributed by atoms with Gasteiger partial charge in [0.1, 0.15) is 22.9 Å². The van der Waals surface area contributed by atoms with Gasteiger partial charge in [0, 0.05) is 31.3 Å². The van der Waals surface area contributed by atoms with E-state index in [1.165, 1.54) is 61.6 Å². The topological polar surface area (TPSA) is 295 Å². The van der Waals surface area contributed by atoms with Gasteiger partial charge >= 0.3 is 24.3 Å². The standard InChI is InChI=1S/C23H18ClF3N4O5S.C22H16ClF3N4O5S/c1-28-22-31-18(23(25,26)27)17(37-22)9-16(21(35)36)30-20(34)14-6-5-12(8-15(14)24)19(33)29-10-11-3-2-4-13(32)7-11;23-14-7-11(18(32)28-9-10-2-1-3-12(31)6-10)4-5-13(14)19(33)29-15(20(34)35)8-16-17(22(24,25)26)30-21(27)36-16/h2-9,32H,10H2,1H3,(H,28,31)(H,29,33)(H,30,34)(H,35,36);1-8,31H,9H2,(H2,27,30)(H,28,32)(H,29,33)(H,34,35)/b16-9-;15-8-. The zero-order valence-corrected chi connectivity index (χ0v) is 39.8. The van der Waals surface area contributed by atoms with Gasteiger partial charge in [0.05, 0.1) is 30.9 Å². The minimum absolute atomic E-state index is 0.0309. The second-order valence-electron chi connectivity index (χ2n) is 14.5. The number of aromatic hydroxyl groups is 2. The van der Waals surface area contributed by atoms with Crippen LogP contribution in [0.3, 0.4) is 0 Å². The summed E-state index contributed by atoms with van der Waals surface area (Å²) in [7, 11) is 1.35. The Morgan fingerprint density at radius 3 is 1.40 bits per heavy atom. The van der Waals surface area contributed by atoms with E-state index in [0.717, 1.165) is 6.07 Å². The zero-order valence-electron chi connectivity index (χ0n) is 36.7. The molecule has 0 aliphatic rings. The molecule has 4 aromatic carbocycles. The maximum atomic E-state index is 13.3. The van der Waals surface area contributed by atoms with Gasteiger partial charge < -0.3 is 52.7 Å². The number of aromatic nitrogens is 2. The summed E-state index contributed by atoms with van der Waals surface area (Å²) in [6, 6.07) is 19.7. The number of aliphatic carboxylic acids is 2. The molecule has 18 nitrogen and oxygen atoms in total. The first-order valence-corrected chi connectivity index (χ1v) is 22.5. The maximum absolute atomic E-state index is 13.3. The molecule has 0 fully saturated rings. The van der Waals surface area contributed by atoms with E-state index in [-0.39, 0.29) is 62.0 Å². The second-order valence-corrected chi connectivity index (χ2v) is 17.4. The number of carboxylic acids is 2. The third-order valence-corrected chi connectivity index (χ3v) is 11.7. The van der Waals surface area contributed by atoms with E-state index < -0.39 is 85.6 Å². The molecule has 0 aliphatic carbocycles. The molecule has 0 unspecified atom stereocenters. The molecule has 28 heteroatoms. The molecule has 4 amide bonds. The molecule has 0 aliphatic heterocycles. The Hall–Kier alpha value is -8.20. The lowest BCUT2D eigenvalue weighted by atomic mass is 10.1. The summed E-state index contributed by atoms with van der Waals surface area (Å²) in [5.74, 6) is -6.48. The largest absolute Gasteiger partial charge is 0.508 e. The molecular formula is C45H34Cl2F6N8O10S2. The van der Waals surface area contributed by atoms with Crippen molar-refractivity contribution in [3.63, 3.8) is 0 Å². The smallest absolute Gasteiger partial charge is 0.434 e. The lowest BCUT2D eigenvalue weighted by molar-refractivity contribution is -0.141. The van der Waals surface area contributed by atoms with Gasteiger partial charge in [0.2, 0.25) is 0 Å². The second kappa shape index (κ2) is 23.8. The number of amides is 4. The van der Waals surface area contributed by atoms with Crippen molar-refractivity contribution in [3.8, 4) is 11.5 Å². The molecular weight excluding hydrogens is 1060 g/mol. The number of alkyl halides is 6.